The maximum atomic E-state index is 12.7. The lowest BCUT2D eigenvalue weighted by Crippen LogP contribution is -2.20. The Labute approximate surface area is 136 Å². The van der Waals surface area contributed by atoms with Gasteiger partial charge in [-0.15, -0.1) is 0 Å². The molecule has 2 aromatic rings. The lowest BCUT2D eigenvalue weighted by atomic mass is 10.1. The van der Waals surface area contributed by atoms with E-state index in [9.17, 15) is 18.0 Å². The molecule has 3 nitrogen and oxygen atoms in total. The van der Waals surface area contributed by atoms with Gasteiger partial charge in [-0.25, -0.2) is 4.79 Å². The van der Waals surface area contributed by atoms with Crippen molar-refractivity contribution in [3.8, 4) is 0 Å². The third kappa shape index (κ3) is 4.39. The molecule has 7 heteroatoms. The van der Waals surface area contributed by atoms with Gasteiger partial charge in [-0.1, -0.05) is 23.7 Å². The van der Waals surface area contributed by atoms with Crippen LogP contribution in [-0.2, 0) is 6.18 Å². The van der Waals surface area contributed by atoms with Crippen molar-refractivity contribution < 1.29 is 18.0 Å². The van der Waals surface area contributed by atoms with E-state index in [1.165, 1.54) is 12.1 Å². The Balaban J connectivity index is 2.15. The summed E-state index contributed by atoms with van der Waals surface area (Å²) in [5, 5.41) is 5.28. The molecule has 2 N–H and O–H groups in total. The van der Waals surface area contributed by atoms with Crippen LogP contribution < -0.4 is 10.6 Å². The first kappa shape index (κ1) is 17.1. The molecule has 0 saturated carbocycles. The van der Waals surface area contributed by atoms with E-state index in [1.54, 1.807) is 13.0 Å². The molecule has 122 valence electrons. The number of anilines is 2. The van der Waals surface area contributed by atoms with E-state index in [0.717, 1.165) is 23.3 Å². The van der Waals surface area contributed by atoms with Crippen LogP contribution in [0.15, 0.2) is 36.4 Å². The maximum Gasteiger partial charge on any atom is 0.416 e. The molecule has 0 fully saturated rings. The van der Waals surface area contributed by atoms with Crippen LogP contribution in [0.2, 0.25) is 5.02 Å². The second-order valence-electron chi connectivity index (χ2n) is 5.10. The summed E-state index contributed by atoms with van der Waals surface area (Å²) in [5.41, 5.74) is 1.32. The highest BCUT2D eigenvalue weighted by atomic mass is 35.5. The van der Waals surface area contributed by atoms with Crippen LogP contribution in [0.5, 0.6) is 0 Å². The van der Waals surface area contributed by atoms with E-state index in [0.29, 0.717) is 10.7 Å². The van der Waals surface area contributed by atoms with Gasteiger partial charge >= 0.3 is 12.2 Å². The Kier molecular flexibility index (Phi) is 4.85. The van der Waals surface area contributed by atoms with Crippen LogP contribution in [0.3, 0.4) is 0 Å². The summed E-state index contributed by atoms with van der Waals surface area (Å²) in [4.78, 5) is 12.0. The number of hydrogen-bond donors (Lipinski definition) is 2. The normalized spacial score (nSPS) is 11.2. The summed E-state index contributed by atoms with van der Waals surface area (Å²) in [7, 11) is 0. The standard InChI is InChI=1S/C16H14ClF3N2O/c1-9-6-10(2)14(13(17)7-9)22-15(23)21-12-5-3-4-11(8-12)16(18,19)20/h3-8H,1-2H3,(H2,21,22,23). The summed E-state index contributed by atoms with van der Waals surface area (Å²) in [6.07, 6.45) is -4.47. The van der Waals surface area contributed by atoms with Crippen molar-refractivity contribution in [1.29, 1.82) is 0 Å². The second kappa shape index (κ2) is 6.50. The minimum atomic E-state index is -4.47. The van der Waals surface area contributed by atoms with Gasteiger partial charge in [-0.2, -0.15) is 13.2 Å². The first-order chi connectivity index (χ1) is 10.7. The number of amides is 2. The predicted molar refractivity (Wildman–Crippen MR) is 85.0 cm³/mol. The average Bonchev–Trinajstić information content (AvgIpc) is 2.42. The smallest absolute Gasteiger partial charge is 0.308 e. The molecule has 0 spiro atoms. The predicted octanol–water partition coefficient (Wildman–Crippen LogP) is 5.62. The number of benzene rings is 2. The number of urea groups is 1. The molecule has 0 aliphatic rings. The molecule has 0 aliphatic carbocycles. The van der Waals surface area contributed by atoms with E-state index >= 15 is 0 Å². The topological polar surface area (TPSA) is 41.1 Å². The molecule has 0 atom stereocenters. The lowest BCUT2D eigenvalue weighted by molar-refractivity contribution is -0.137. The summed E-state index contributed by atoms with van der Waals surface area (Å²) < 4.78 is 38.0. The molecular weight excluding hydrogens is 329 g/mol. The van der Waals surface area contributed by atoms with Crippen molar-refractivity contribution in [2.75, 3.05) is 10.6 Å². The van der Waals surface area contributed by atoms with Crippen molar-refractivity contribution in [2.45, 2.75) is 20.0 Å². The van der Waals surface area contributed by atoms with Crippen LogP contribution in [-0.4, -0.2) is 6.03 Å². The molecule has 0 bridgehead atoms. The molecule has 2 aromatic carbocycles. The lowest BCUT2D eigenvalue weighted by Gasteiger charge is -2.13. The minimum Gasteiger partial charge on any atom is -0.308 e. The Morgan fingerprint density at radius 2 is 1.78 bits per heavy atom. The molecular formula is C16H14ClF3N2O. The zero-order valence-corrected chi connectivity index (χ0v) is 13.1. The fraction of sp³-hybridized carbons (Fsp3) is 0.188. The van der Waals surface area contributed by atoms with E-state index < -0.39 is 17.8 Å². The van der Waals surface area contributed by atoms with Gasteiger partial charge in [0.15, 0.2) is 0 Å². The Morgan fingerprint density at radius 3 is 2.39 bits per heavy atom. The van der Waals surface area contributed by atoms with E-state index in [1.807, 2.05) is 13.0 Å². The number of halogens is 4. The van der Waals surface area contributed by atoms with Crippen molar-refractivity contribution in [3.05, 3.63) is 58.1 Å². The number of hydrogen-bond acceptors (Lipinski definition) is 1. The van der Waals surface area contributed by atoms with E-state index in [4.69, 9.17) is 11.6 Å². The van der Waals surface area contributed by atoms with Gasteiger partial charge < -0.3 is 10.6 Å². The molecule has 2 rings (SSSR count). The first-order valence-corrected chi connectivity index (χ1v) is 7.06. The van der Waals surface area contributed by atoms with Crippen LogP contribution >= 0.6 is 11.6 Å². The fourth-order valence-corrected chi connectivity index (χ4v) is 2.49. The summed E-state index contributed by atoms with van der Waals surface area (Å²) in [6, 6.07) is 7.26. The summed E-state index contributed by atoms with van der Waals surface area (Å²) in [6.45, 7) is 3.64. The number of alkyl halides is 3. The molecule has 2 amide bonds. The fourth-order valence-electron chi connectivity index (χ4n) is 2.12. The molecule has 0 heterocycles. The molecule has 0 saturated heterocycles. The van der Waals surface area contributed by atoms with Crippen LogP contribution in [0.4, 0.5) is 29.3 Å². The van der Waals surface area contributed by atoms with Crippen molar-refractivity contribution in [3.63, 3.8) is 0 Å². The van der Waals surface area contributed by atoms with Crippen molar-refractivity contribution in [2.24, 2.45) is 0 Å². The Hall–Kier alpha value is -2.21. The van der Waals surface area contributed by atoms with E-state index in [-0.39, 0.29) is 5.69 Å². The van der Waals surface area contributed by atoms with Crippen LogP contribution in [0, 0.1) is 13.8 Å². The zero-order valence-electron chi connectivity index (χ0n) is 12.4. The third-order valence-electron chi connectivity index (χ3n) is 3.12. The largest absolute Gasteiger partial charge is 0.416 e. The van der Waals surface area contributed by atoms with Gasteiger partial charge in [0, 0.05) is 5.69 Å². The highest BCUT2D eigenvalue weighted by molar-refractivity contribution is 6.34. The average molecular weight is 343 g/mol. The SMILES string of the molecule is Cc1cc(C)c(NC(=O)Nc2cccc(C(F)(F)F)c2)c(Cl)c1. The number of rotatable bonds is 2. The van der Waals surface area contributed by atoms with Crippen molar-refractivity contribution >= 4 is 29.0 Å². The molecule has 0 radical (unpaired) electrons. The van der Waals surface area contributed by atoms with E-state index in [2.05, 4.69) is 10.6 Å². The van der Waals surface area contributed by atoms with Gasteiger partial charge in [0.1, 0.15) is 0 Å². The van der Waals surface area contributed by atoms with Gasteiger partial charge in [0.05, 0.1) is 16.3 Å². The van der Waals surface area contributed by atoms with Gasteiger partial charge in [0.25, 0.3) is 0 Å². The number of aryl methyl sites for hydroxylation is 2. The first-order valence-electron chi connectivity index (χ1n) is 6.69. The number of carbonyl (C=O) groups excluding carboxylic acids is 1. The molecule has 0 aromatic heterocycles. The minimum absolute atomic E-state index is 0.0400. The Morgan fingerprint density at radius 1 is 1.09 bits per heavy atom. The number of nitrogens with one attached hydrogen (secondary N) is 2. The van der Waals surface area contributed by atoms with Crippen LogP contribution in [0.25, 0.3) is 0 Å². The highest BCUT2D eigenvalue weighted by Gasteiger charge is 2.30. The monoisotopic (exact) mass is 342 g/mol. The third-order valence-corrected chi connectivity index (χ3v) is 3.42. The Bertz CT molecular complexity index is 721. The van der Waals surface area contributed by atoms with Gasteiger partial charge in [-0.05, 0) is 49.2 Å². The van der Waals surface area contributed by atoms with Gasteiger partial charge in [-0.3, -0.25) is 0 Å². The van der Waals surface area contributed by atoms with Gasteiger partial charge in [0.2, 0.25) is 0 Å². The second-order valence-corrected chi connectivity index (χ2v) is 5.50. The highest BCUT2D eigenvalue weighted by Crippen LogP contribution is 2.31. The zero-order chi connectivity index (χ0) is 17.2. The quantitative estimate of drug-likeness (QED) is 0.730. The van der Waals surface area contributed by atoms with Crippen molar-refractivity contribution in [1.82, 2.24) is 0 Å². The molecule has 0 aliphatic heterocycles. The molecule has 23 heavy (non-hydrogen) atoms. The van der Waals surface area contributed by atoms with Crippen LogP contribution in [0.1, 0.15) is 16.7 Å². The molecule has 0 unspecified atom stereocenters. The summed E-state index contributed by atoms with van der Waals surface area (Å²) in [5.74, 6) is 0. The number of carbonyl (C=O) groups is 1. The summed E-state index contributed by atoms with van der Waals surface area (Å²) >= 11 is 6.08. The maximum absolute atomic E-state index is 12.7.